The van der Waals surface area contributed by atoms with Gasteiger partial charge in [0, 0.05) is 5.02 Å². The van der Waals surface area contributed by atoms with E-state index in [9.17, 15) is 18.0 Å². The zero-order valence-electron chi connectivity index (χ0n) is 16.8. The van der Waals surface area contributed by atoms with E-state index < -0.39 is 17.6 Å². The number of anilines is 1. The smallest absolute Gasteiger partial charge is 0.416 e. The molecule has 0 spiro atoms. The van der Waals surface area contributed by atoms with Gasteiger partial charge in [0.05, 0.1) is 16.2 Å². The van der Waals surface area contributed by atoms with Crippen LogP contribution in [0.25, 0.3) is 6.08 Å². The van der Waals surface area contributed by atoms with E-state index in [-0.39, 0.29) is 10.0 Å². The van der Waals surface area contributed by atoms with Crippen LogP contribution in [-0.4, -0.2) is 10.2 Å². The summed E-state index contributed by atoms with van der Waals surface area (Å²) < 4.78 is 45.1. The number of benzene rings is 3. The monoisotopic (exact) mass is 505 g/mol. The summed E-state index contributed by atoms with van der Waals surface area (Å²) in [7, 11) is 0. The first-order chi connectivity index (χ1) is 15.7. The predicted octanol–water partition coefficient (Wildman–Crippen LogP) is 7.34. The van der Waals surface area contributed by atoms with E-state index >= 15 is 0 Å². The van der Waals surface area contributed by atoms with Crippen molar-refractivity contribution in [1.29, 1.82) is 0 Å². The number of hydrogen-bond donors (Lipinski definition) is 0. The van der Waals surface area contributed by atoms with Crippen LogP contribution in [0.5, 0.6) is 5.75 Å². The van der Waals surface area contributed by atoms with Gasteiger partial charge in [-0.2, -0.15) is 13.2 Å². The van der Waals surface area contributed by atoms with Gasteiger partial charge in [0.25, 0.3) is 5.91 Å². The van der Waals surface area contributed by atoms with Crippen molar-refractivity contribution in [3.63, 3.8) is 0 Å². The molecule has 1 fully saturated rings. The standard InChI is InChI=1S/C24H15ClF3NO2S2/c25-18-8-4-16(5-9-18)14-31-20-10-6-15(7-11-20)12-21-22(30)29(23(32)33-21)19-3-1-2-17(13-19)24(26,27)28/h1-13H,14H2/b21-12+. The van der Waals surface area contributed by atoms with Gasteiger partial charge in [-0.05, 0) is 59.7 Å². The van der Waals surface area contributed by atoms with Crippen LogP contribution in [0.15, 0.2) is 77.7 Å². The van der Waals surface area contributed by atoms with E-state index in [2.05, 4.69) is 0 Å². The fraction of sp³-hybridized carbons (Fsp3) is 0.0833. The summed E-state index contributed by atoms with van der Waals surface area (Å²) in [5, 5.41) is 0.654. The van der Waals surface area contributed by atoms with Crippen LogP contribution in [-0.2, 0) is 17.6 Å². The number of carbonyl (C=O) groups excluding carboxylic acids is 1. The molecule has 0 N–H and O–H groups in total. The Morgan fingerprint density at radius 2 is 1.73 bits per heavy atom. The van der Waals surface area contributed by atoms with Crippen LogP contribution < -0.4 is 9.64 Å². The zero-order valence-corrected chi connectivity index (χ0v) is 19.2. The van der Waals surface area contributed by atoms with Gasteiger partial charge in [0.15, 0.2) is 4.32 Å². The Morgan fingerprint density at radius 1 is 1.03 bits per heavy atom. The summed E-state index contributed by atoms with van der Waals surface area (Å²) in [6, 6.07) is 19.0. The highest BCUT2D eigenvalue weighted by Crippen LogP contribution is 2.38. The minimum absolute atomic E-state index is 0.0849. The molecule has 0 radical (unpaired) electrons. The number of alkyl halides is 3. The number of nitrogens with zero attached hydrogens (tertiary/aromatic N) is 1. The molecular formula is C24H15ClF3NO2S2. The minimum atomic E-state index is -4.51. The van der Waals surface area contributed by atoms with Gasteiger partial charge in [-0.15, -0.1) is 0 Å². The molecule has 0 aromatic heterocycles. The summed E-state index contributed by atoms with van der Waals surface area (Å²) in [6.07, 6.45) is -2.86. The number of rotatable bonds is 5. The Hall–Kier alpha value is -2.81. The van der Waals surface area contributed by atoms with Gasteiger partial charge in [-0.25, -0.2) is 0 Å². The van der Waals surface area contributed by atoms with E-state index in [1.54, 1.807) is 42.5 Å². The molecule has 4 rings (SSSR count). The number of halogens is 4. The van der Waals surface area contributed by atoms with Crippen LogP contribution in [0, 0.1) is 0 Å². The molecule has 0 unspecified atom stereocenters. The molecule has 1 amide bonds. The molecule has 168 valence electrons. The molecule has 1 aliphatic rings. The van der Waals surface area contributed by atoms with E-state index in [4.69, 9.17) is 28.6 Å². The Kier molecular flexibility index (Phi) is 6.78. The van der Waals surface area contributed by atoms with Crippen LogP contribution in [0.3, 0.4) is 0 Å². The maximum absolute atomic E-state index is 13.0. The van der Waals surface area contributed by atoms with Crippen molar-refractivity contribution in [1.82, 2.24) is 0 Å². The largest absolute Gasteiger partial charge is 0.489 e. The Morgan fingerprint density at radius 3 is 2.39 bits per heavy atom. The number of carbonyl (C=O) groups is 1. The lowest BCUT2D eigenvalue weighted by molar-refractivity contribution is -0.137. The lowest BCUT2D eigenvalue weighted by atomic mass is 10.1. The number of thioether (sulfide) groups is 1. The van der Waals surface area contributed by atoms with Gasteiger partial charge in [-0.1, -0.05) is 65.9 Å². The van der Waals surface area contributed by atoms with E-state index in [1.165, 1.54) is 12.1 Å². The Labute approximate surface area is 202 Å². The fourth-order valence-corrected chi connectivity index (χ4v) is 4.50. The highest BCUT2D eigenvalue weighted by atomic mass is 35.5. The predicted molar refractivity (Wildman–Crippen MR) is 129 cm³/mol. The van der Waals surface area contributed by atoms with Crippen molar-refractivity contribution in [2.75, 3.05) is 4.90 Å². The molecule has 9 heteroatoms. The first kappa shape index (κ1) is 23.4. The molecule has 0 bridgehead atoms. The molecule has 33 heavy (non-hydrogen) atoms. The number of amides is 1. The number of hydrogen-bond acceptors (Lipinski definition) is 4. The van der Waals surface area contributed by atoms with Crippen LogP contribution in [0.2, 0.25) is 5.02 Å². The van der Waals surface area contributed by atoms with Gasteiger partial charge in [0.2, 0.25) is 0 Å². The molecule has 3 aromatic carbocycles. The van der Waals surface area contributed by atoms with Gasteiger partial charge in [0.1, 0.15) is 12.4 Å². The Balaban J connectivity index is 1.46. The second kappa shape index (κ2) is 9.59. The average molecular weight is 506 g/mol. The molecule has 3 aromatic rings. The second-order valence-electron chi connectivity index (χ2n) is 7.05. The lowest BCUT2D eigenvalue weighted by Crippen LogP contribution is -2.27. The first-order valence-electron chi connectivity index (χ1n) is 9.63. The third-order valence-electron chi connectivity index (χ3n) is 4.72. The summed E-state index contributed by atoms with van der Waals surface area (Å²) in [5.74, 6) is 0.186. The summed E-state index contributed by atoms with van der Waals surface area (Å²) in [5.41, 5.74) is 0.953. The molecule has 0 atom stereocenters. The number of ether oxygens (including phenoxy) is 1. The molecule has 3 nitrogen and oxygen atoms in total. The van der Waals surface area contributed by atoms with Crippen LogP contribution in [0.4, 0.5) is 18.9 Å². The van der Waals surface area contributed by atoms with Gasteiger partial charge < -0.3 is 4.74 Å². The third-order valence-corrected chi connectivity index (χ3v) is 6.28. The SMILES string of the molecule is O=C1/C(=C\c2ccc(OCc3ccc(Cl)cc3)cc2)SC(=S)N1c1cccc(C(F)(F)F)c1. The zero-order chi connectivity index (χ0) is 23.6. The highest BCUT2D eigenvalue weighted by Gasteiger charge is 2.36. The molecule has 1 aliphatic heterocycles. The first-order valence-corrected chi connectivity index (χ1v) is 11.2. The van der Waals surface area contributed by atoms with E-state index in [0.29, 0.717) is 22.3 Å². The van der Waals surface area contributed by atoms with Crippen molar-refractivity contribution in [3.8, 4) is 5.75 Å². The highest BCUT2D eigenvalue weighted by molar-refractivity contribution is 8.27. The van der Waals surface area contributed by atoms with Crippen molar-refractivity contribution < 1.29 is 22.7 Å². The maximum atomic E-state index is 13.0. The summed E-state index contributed by atoms with van der Waals surface area (Å²) in [6.45, 7) is 0.381. The molecular weight excluding hydrogens is 491 g/mol. The molecule has 1 heterocycles. The van der Waals surface area contributed by atoms with E-state index in [0.717, 1.165) is 39.9 Å². The summed E-state index contributed by atoms with van der Waals surface area (Å²) >= 11 is 12.2. The summed E-state index contributed by atoms with van der Waals surface area (Å²) in [4.78, 5) is 14.3. The topological polar surface area (TPSA) is 29.5 Å². The van der Waals surface area contributed by atoms with Crippen molar-refractivity contribution >= 4 is 57.6 Å². The van der Waals surface area contributed by atoms with Crippen molar-refractivity contribution in [2.45, 2.75) is 12.8 Å². The molecule has 0 saturated carbocycles. The van der Waals surface area contributed by atoms with Gasteiger partial charge >= 0.3 is 6.18 Å². The van der Waals surface area contributed by atoms with Crippen LogP contribution >= 0.6 is 35.6 Å². The second-order valence-corrected chi connectivity index (χ2v) is 9.16. The van der Waals surface area contributed by atoms with E-state index in [1.807, 2.05) is 12.1 Å². The van der Waals surface area contributed by atoms with Crippen molar-refractivity contribution in [3.05, 3.63) is 99.4 Å². The third kappa shape index (κ3) is 5.58. The quantitative estimate of drug-likeness (QED) is 0.268. The maximum Gasteiger partial charge on any atom is 0.416 e. The number of thiocarbonyl (C=S) groups is 1. The van der Waals surface area contributed by atoms with Gasteiger partial charge in [-0.3, -0.25) is 9.69 Å². The lowest BCUT2D eigenvalue weighted by Gasteiger charge is -2.16. The fourth-order valence-electron chi connectivity index (χ4n) is 3.07. The molecule has 0 aliphatic carbocycles. The Bertz CT molecular complexity index is 1230. The van der Waals surface area contributed by atoms with Crippen molar-refractivity contribution in [2.24, 2.45) is 0 Å². The van der Waals surface area contributed by atoms with Crippen LogP contribution in [0.1, 0.15) is 16.7 Å². The molecule has 1 saturated heterocycles. The average Bonchev–Trinajstić information content (AvgIpc) is 3.06. The minimum Gasteiger partial charge on any atom is -0.489 e. The normalized spacial score (nSPS) is 15.4.